The van der Waals surface area contributed by atoms with E-state index in [1.807, 2.05) is 13.0 Å². The van der Waals surface area contributed by atoms with Crippen LogP contribution < -0.4 is 0 Å². The molecule has 1 aliphatic carbocycles. The second-order valence-corrected chi connectivity index (χ2v) is 4.84. The van der Waals surface area contributed by atoms with Gasteiger partial charge in [0.2, 0.25) is 0 Å². The molecule has 0 saturated heterocycles. The van der Waals surface area contributed by atoms with Crippen LogP contribution in [0.25, 0.3) is 0 Å². The molecule has 17 heavy (non-hydrogen) atoms. The van der Waals surface area contributed by atoms with E-state index >= 15 is 0 Å². The van der Waals surface area contributed by atoms with E-state index in [1.165, 1.54) is 18.4 Å². The van der Waals surface area contributed by atoms with Crippen molar-refractivity contribution >= 4 is 5.97 Å². The van der Waals surface area contributed by atoms with Crippen molar-refractivity contribution in [1.29, 1.82) is 0 Å². The van der Waals surface area contributed by atoms with Crippen LogP contribution in [0.5, 0.6) is 0 Å². The number of benzene rings is 1. The lowest BCUT2D eigenvalue weighted by Gasteiger charge is -2.28. The molecule has 92 valence electrons. The van der Waals surface area contributed by atoms with Crippen LogP contribution in [-0.4, -0.2) is 12.6 Å². The lowest BCUT2D eigenvalue weighted by Crippen LogP contribution is -2.27. The first-order valence-corrected chi connectivity index (χ1v) is 6.48. The third kappa shape index (κ3) is 2.68. The number of rotatable bonds is 4. The second kappa shape index (κ2) is 5.35. The van der Waals surface area contributed by atoms with E-state index in [4.69, 9.17) is 4.74 Å². The molecule has 0 heterocycles. The predicted molar refractivity (Wildman–Crippen MR) is 67.8 cm³/mol. The number of ether oxygens (including phenoxy) is 1. The third-order valence-corrected chi connectivity index (χ3v) is 3.73. The average molecular weight is 232 g/mol. The van der Waals surface area contributed by atoms with Gasteiger partial charge in [-0.3, -0.25) is 4.79 Å². The summed E-state index contributed by atoms with van der Waals surface area (Å²) in [6, 6.07) is 10.4. The fraction of sp³-hybridized carbons (Fsp3) is 0.533. The smallest absolute Gasteiger partial charge is 0.306 e. The molecular formula is C15H20O2. The van der Waals surface area contributed by atoms with Crippen LogP contribution in [0.15, 0.2) is 30.3 Å². The molecule has 0 unspecified atom stereocenters. The number of esters is 1. The minimum atomic E-state index is -0.0572. The number of hydrogen-bond acceptors (Lipinski definition) is 2. The van der Waals surface area contributed by atoms with Crippen molar-refractivity contribution in [3.63, 3.8) is 0 Å². The molecule has 2 rings (SSSR count). The summed E-state index contributed by atoms with van der Waals surface area (Å²) >= 11 is 0. The van der Waals surface area contributed by atoms with Gasteiger partial charge in [-0.25, -0.2) is 0 Å². The molecule has 1 fully saturated rings. The molecule has 1 saturated carbocycles. The van der Waals surface area contributed by atoms with Crippen molar-refractivity contribution in [1.82, 2.24) is 0 Å². The molecule has 0 aromatic heterocycles. The van der Waals surface area contributed by atoms with Crippen LogP contribution in [0.1, 0.15) is 44.6 Å². The SMILES string of the molecule is CCOC(=O)CC1(c2ccccc2)CCCC1. The largest absolute Gasteiger partial charge is 0.466 e. The van der Waals surface area contributed by atoms with Crippen molar-refractivity contribution < 1.29 is 9.53 Å². The minimum Gasteiger partial charge on any atom is -0.466 e. The topological polar surface area (TPSA) is 26.3 Å². The Morgan fingerprint density at radius 3 is 2.47 bits per heavy atom. The highest BCUT2D eigenvalue weighted by Crippen LogP contribution is 2.43. The van der Waals surface area contributed by atoms with Gasteiger partial charge in [-0.1, -0.05) is 43.2 Å². The molecule has 0 N–H and O–H groups in total. The van der Waals surface area contributed by atoms with Crippen molar-refractivity contribution in [2.45, 2.75) is 44.4 Å². The highest BCUT2D eigenvalue weighted by molar-refractivity contribution is 5.71. The van der Waals surface area contributed by atoms with Crippen LogP contribution in [0.4, 0.5) is 0 Å². The number of carbonyl (C=O) groups excluding carboxylic acids is 1. The lowest BCUT2D eigenvalue weighted by molar-refractivity contribution is -0.144. The second-order valence-electron chi connectivity index (χ2n) is 4.84. The van der Waals surface area contributed by atoms with Gasteiger partial charge in [0.05, 0.1) is 13.0 Å². The Balaban J connectivity index is 2.18. The highest BCUT2D eigenvalue weighted by Gasteiger charge is 2.37. The molecule has 0 aliphatic heterocycles. The molecule has 0 bridgehead atoms. The monoisotopic (exact) mass is 232 g/mol. The summed E-state index contributed by atoms with van der Waals surface area (Å²) in [4.78, 5) is 11.8. The molecule has 1 aromatic carbocycles. The predicted octanol–water partition coefficient (Wildman–Crippen LogP) is 3.45. The molecule has 0 spiro atoms. The summed E-state index contributed by atoms with van der Waals surface area (Å²) in [5.74, 6) is -0.0572. The Morgan fingerprint density at radius 1 is 1.24 bits per heavy atom. The maximum atomic E-state index is 11.8. The van der Waals surface area contributed by atoms with Gasteiger partial charge in [0.1, 0.15) is 0 Å². The summed E-state index contributed by atoms with van der Waals surface area (Å²) in [7, 11) is 0. The fourth-order valence-electron chi connectivity index (χ4n) is 2.90. The molecule has 0 radical (unpaired) electrons. The molecular weight excluding hydrogens is 212 g/mol. The number of hydrogen-bond donors (Lipinski definition) is 0. The maximum absolute atomic E-state index is 11.8. The van der Waals surface area contributed by atoms with E-state index in [0.29, 0.717) is 13.0 Å². The Kier molecular flexibility index (Phi) is 3.82. The Labute approximate surface area is 103 Å². The van der Waals surface area contributed by atoms with Gasteiger partial charge in [0.15, 0.2) is 0 Å². The van der Waals surface area contributed by atoms with Crippen molar-refractivity contribution in [3.05, 3.63) is 35.9 Å². The summed E-state index contributed by atoms with van der Waals surface area (Å²) in [5.41, 5.74) is 1.33. The average Bonchev–Trinajstić information content (AvgIpc) is 2.80. The van der Waals surface area contributed by atoms with Crippen LogP contribution in [0.3, 0.4) is 0 Å². The van der Waals surface area contributed by atoms with E-state index in [-0.39, 0.29) is 11.4 Å². The molecule has 0 atom stereocenters. The van der Waals surface area contributed by atoms with E-state index in [2.05, 4.69) is 24.3 Å². The van der Waals surface area contributed by atoms with Gasteiger partial charge in [0, 0.05) is 5.41 Å². The zero-order valence-corrected chi connectivity index (χ0v) is 10.4. The van der Waals surface area contributed by atoms with Crippen molar-refractivity contribution in [2.75, 3.05) is 6.61 Å². The van der Waals surface area contributed by atoms with Crippen LogP contribution in [0.2, 0.25) is 0 Å². The van der Waals surface area contributed by atoms with Gasteiger partial charge in [-0.2, -0.15) is 0 Å². The van der Waals surface area contributed by atoms with E-state index in [0.717, 1.165) is 12.8 Å². The summed E-state index contributed by atoms with van der Waals surface area (Å²) in [6.45, 7) is 2.34. The Morgan fingerprint density at radius 2 is 1.88 bits per heavy atom. The normalized spacial score (nSPS) is 17.9. The molecule has 0 amide bonds. The summed E-state index contributed by atoms with van der Waals surface area (Å²) in [5, 5.41) is 0. The summed E-state index contributed by atoms with van der Waals surface area (Å²) in [6.07, 6.45) is 5.18. The molecule has 1 aliphatic rings. The standard InChI is InChI=1S/C15H20O2/c1-2-17-14(16)12-15(10-6-7-11-15)13-8-4-3-5-9-13/h3-5,8-9H,2,6-7,10-12H2,1H3. The molecule has 2 heteroatoms. The van der Waals surface area contributed by atoms with E-state index < -0.39 is 0 Å². The van der Waals surface area contributed by atoms with Crippen molar-refractivity contribution in [3.8, 4) is 0 Å². The molecule has 2 nitrogen and oxygen atoms in total. The van der Waals surface area contributed by atoms with Gasteiger partial charge < -0.3 is 4.74 Å². The van der Waals surface area contributed by atoms with Crippen LogP contribution in [-0.2, 0) is 14.9 Å². The lowest BCUT2D eigenvalue weighted by atomic mass is 9.76. The third-order valence-electron chi connectivity index (χ3n) is 3.73. The fourth-order valence-corrected chi connectivity index (χ4v) is 2.90. The zero-order valence-electron chi connectivity index (χ0n) is 10.4. The van der Waals surface area contributed by atoms with Gasteiger partial charge in [-0.15, -0.1) is 0 Å². The number of carbonyl (C=O) groups is 1. The Bertz CT molecular complexity index is 364. The minimum absolute atomic E-state index is 0.0352. The zero-order chi connectivity index (χ0) is 12.1. The van der Waals surface area contributed by atoms with Gasteiger partial charge in [-0.05, 0) is 25.3 Å². The first-order chi connectivity index (χ1) is 8.27. The maximum Gasteiger partial charge on any atom is 0.306 e. The van der Waals surface area contributed by atoms with Gasteiger partial charge in [0.25, 0.3) is 0 Å². The van der Waals surface area contributed by atoms with Gasteiger partial charge >= 0.3 is 5.97 Å². The van der Waals surface area contributed by atoms with Crippen LogP contribution in [0, 0.1) is 0 Å². The first kappa shape index (κ1) is 12.2. The Hall–Kier alpha value is -1.31. The molecule has 1 aromatic rings. The summed E-state index contributed by atoms with van der Waals surface area (Å²) < 4.78 is 5.11. The first-order valence-electron chi connectivity index (χ1n) is 6.48. The van der Waals surface area contributed by atoms with E-state index in [9.17, 15) is 4.79 Å². The highest BCUT2D eigenvalue weighted by atomic mass is 16.5. The van der Waals surface area contributed by atoms with E-state index in [1.54, 1.807) is 0 Å². The van der Waals surface area contributed by atoms with Crippen molar-refractivity contribution in [2.24, 2.45) is 0 Å². The quantitative estimate of drug-likeness (QED) is 0.743. The van der Waals surface area contributed by atoms with Crippen LogP contribution >= 0.6 is 0 Å².